The second-order valence-electron chi connectivity index (χ2n) is 15.9. The molecular weight excluding hydrogens is 759 g/mol. The van der Waals surface area contributed by atoms with Crippen molar-refractivity contribution in [1.82, 2.24) is 0 Å². The highest BCUT2D eigenvalue weighted by molar-refractivity contribution is 7.01. The minimum atomic E-state index is -0.181. The van der Waals surface area contributed by atoms with Crippen LogP contribution in [-0.4, -0.2) is 6.71 Å². The topological polar surface area (TPSA) is 38.1 Å². The van der Waals surface area contributed by atoms with E-state index in [2.05, 4.69) is 204 Å². The molecule has 0 spiro atoms. The molecule has 0 fully saturated rings. The quantitative estimate of drug-likeness (QED) is 0.157. The first-order valence-corrected chi connectivity index (χ1v) is 21.0. The van der Waals surface area contributed by atoms with Crippen LogP contribution in [0.15, 0.2) is 217 Å². The average Bonchev–Trinajstić information content (AvgIpc) is 3.72. The number of ether oxygens (including phenoxy) is 2. The molecule has 5 nitrogen and oxygen atoms in total. The van der Waals surface area contributed by atoms with Gasteiger partial charge in [-0.05, 0) is 88.4 Å². The van der Waals surface area contributed by atoms with Crippen LogP contribution in [0.4, 0.5) is 34.1 Å². The maximum atomic E-state index is 7.11. The van der Waals surface area contributed by atoms with E-state index in [1.54, 1.807) is 0 Å². The lowest BCUT2D eigenvalue weighted by atomic mass is 9.33. The molecule has 13 rings (SSSR count). The molecule has 0 radical (unpaired) electrons. The lowest BCUT2D eigenvalue weighted by Gasteiger charge is -2.37. The molecule has 10 aromatic carbocycles. The predicted molar refractivity (Wildman–Crippen MR) is 256 cm³/mol. The molecule has 11 aromatic rings. The molecule has 1 aromatic heterocycles. The molecule has 0 aliphatic carbocycles. The minimum Gasteiger partial charge on any atom is -0.458 e. The monoisotopic (exact) mass is 794 g/mol. The summed E-state index contributed by atoms with van der Waals surface area (Å²) in [6.07, 6.45) is 0. The van der Waals surface area contributed by atoms with E-state index in [1.807, 2.05) is 18.2 Å². The van der Waals surface area contributed by atoms with Crippen molar-refractivity contribution in [1.29, 1.82) is 0 Å². The second-order valence-corrected chi connectivity index (χ2v) is 15.9. The highest BCUT2D eigenvalue weighted by Gasteiger charge is 2.43. The van der Waals surface area contributed by atoms with Gasteiger partial charge in [-0.1, -0.05) is 133 Å². The van der Waals surface area contributed by atoms with Crippen LogP contribution in [0.1, 0.15) is 0 Å². The zero-order chi connectivity index (χ0) is 40.7. The average molecular weight is 795 g/mol. The highest BCUT2D eigenvalue weighted by Crippen LogP contribution is 2.48. The number of benzene rings is 10. The second kappa shape index (κ2) is 13.7. The molecule has 0 bridgehead atoms. The number of fused-ring (bicyclic) bond motifs is 11. The third kappa shape index (κ3) is 5.17. The molecule has 0 atom stereocenters. The lowest BCUT2D eigenvalue weighted by molar-refractivity contribution is 0.465. The summed E-state index contributed by atoms with van der Waals surface area (Å²) < 4.78 is 20.6. The van der Waals surface area contributed by atoms with Crippen LogP contribution in [0.25, 0.3) is 43.5 Å². The van der Waals surface area contributed by atoms with Crippen molar-refractivity contribution in [2.24, 2.45) is 0 Å². The Morgan fingerprint density at radius 3 is 1.31 bits per heavy atom. The van der Waals surface area contributed by atoms with Gasteiger partial charge in [0.05, 0.1) is 22.4 Å². The number of para-hydroxylation sites is 4. The van der Waals surface area contributed by atoms with Gasteiger partial charge in [0.2, 0.25) is 0 Å². The van der Waals surface area contributed by atoms with E-state index >= 15 is 0 Å². The summed E-state index contributed by atoms with van der Waals surface area (Å²) in [6, 6.07) is 74.6. The molecule has 62 heavy (non-hydrogen) atoms. The fourth-order valence-corrected chi connectivity index (χ4v) is 10.0. The maximum absolute atomic E-state index is 7.11. The fourth-order valence-electron chi connectivity index (χ4n) is 10.0. The van der Waals surface area contributed by atoms with Gasteiger partial charge in [-0.3, -0.25) is 0 Å². The van der Waals surface area contributed by atoms with Crippen molar-refractivity contribution >= 4 is 101 Å². The summed E-state index contributed by atoms with van der Waals surface area (Å²) >= 11 is 0. The normalized spacial score (nSPS) is 12.4. The van der Waals surface area contributed by atoms with Crippen LogP contribution in [0.3, 0.4) is 0 Å². The summed E-state index contributed by atoms with van der Waals surface area (Å²) in [5.41, 5.74) is 11.2. The van der Waals surface area contributed by atoms with E-state index in [1.165, 1.54) is 0 Å². The molecule has 290 valence electrons. The van der Waals surface area contributed by atoms with Crippen molar-refractivity contribution in [2.75, 3.05) is 9.80 Å². The molecule has 0 saturated carbocycles. The maximum Gasteiger partial charge on any atom is 0.262 e. The molecular formula is C56H35BN2O3. The first-order valence-electron chi connectivity index (χ1n) is 21.0. The Balaban J connectivity index is 1.09. The van der Waals surface area contributed by atoms with Crippen LogP contribution in [0.2, 0.25) is 0 Å². The van der Waals surface area contributed by atoms with Gasteiger partial charge in [-0.25, -0.2) is 0 Å². The number of nitrogens with zero attached hydrogens (tertiary/aromatic N) is 2. The lowest BCUT2D eigenvalue weighted by Crippen LogP contribution is -2.58. The Kier molecular flexibility index (Phi) is 7.63. The Hall–Kier alpha value is -8.22. The van der Waals surface area contributed by atoms with Gasteiger partial charge in [0.15, 0.2) is 0 Å². The largest absolute Gasteiger partial charge is 0.458 e. The van der Waals surface area contributed by atoms with E-state index in [0.717, 1.165) is 117 Å². The standard InChI is InChI=1S/C56H35BN2O3/c1-4-18-36(19-5-1)58(37-20-6-2-7-21-37)45-34-51-54(41-26-12-10-24-39(41)45)57-55-42-27-13-11-25-40(42)46(35-52(55)62-50-33-17-32-49(61-51)56(50)57)59(38-22-8-3-9-23-38)44-29-16-31-48-53(44)43-28-14-15-30-47(43)60-48/h1-35H. The van der Waals surface area contributed by atoms with Gasteiger partial charge in [0.25, 0.3) is 6.71 Å². The summed E-state index contributed by atoms with van der Waals surface area (Å²) in [4.78, 5) is 4.70. The van der Waals surface area contributed by atoms with E-state index in [-0.39, 0.29) is 6.71 Å². The van der Waals surface area contributed by atoms with Gasteiger partial charge >= 0.3 is 0 Å². The van der Waals surface area contributed by atoms with E-state index in [9.17, 15) is 0 Å². The zero-order valence-corrected chi connectivity index (χ0v) is 33.4. The molecule has 0 saturated heterocycles. The van der Waals surface area contributed by atoms with Crippen molar-refractivity contribution < 1.29 is 13.9 Å². The summed E-state index contributed by atoms with van der Waals surface area (Å²) in [7, 11) is 0. The van der Waals surface area contributed by atoms with Gasteiger partial charge in [0, 0.05) is 50.8 Å². The molecule has 0 amide bonds. The smallest absolute Gasteiger partial charge is 0.262 e. The van der Waals surface area contributed by atoms with E-state index < -0.39 is 0 Å². The molecule has 0 N–H and O–H groups in total. The number of rotatable bonds is 6. The number of furan rings is 1. The molecule has 0 unspecified atom stereocenters. The summed E-state index contributed by atoms with van der Waals surface area (Å²) in [6.45, 7) is -0.181. The Morgan fingerprint density at radius 1 is 0.306 bits per heavy atom. The van der Waals surface area contributed by atoms with Gasteiger partial charge in [0.1, 0.15) is 34.2 Å². The molecule has 6 heteroatoms. The third-order valence-electron chi connectivity index (χ3n) is 12.5. The SMILES string of the molecule is c1ccc(N(c2ccccc2)c2cc3c(c4ccccc24)B2c4c(cccc4Oc4cc(N(c5ccccc5)c5cccc6oc7ccccc7c56)c5ccccc5c42)O3)cc1. The van der Waals surface area contributed by atoms with Gasteiger partial charge in [-0.15, -0.1) is 0 Å². The highest BCUT2D eigenvalue weighted by atomic mass is 16.5. The predicted octanol–water partition coefficient (Wildman–Crippen LogP) is 13.6. The van der Waals surface area contributed by atoms with Crippen LogP contribution < -0.4 is 35.7 Å². The van der Waals surface area contributed by atoms with Crippen molar-refractivity contribution in [3.05, 3.63) is 212 Å². The Morgan fingerprint density at radius 2 is 0.742 bits per heavy atom. The van der Waals surface area contributed by atoms with Gasteiger partial charge < -0.3 is 23.7 Å². The molecule has 2 aliphatic rings. The first kappa shape index (κ1) is 34.6. The Labute approximate surface area is 358 Å². The van der Waals surface area contributed by atoms with E-state index in [4.69, 9.17) is 13.9 Å². The van der Waals surface area contributed by atoms with Crippen LogP contribution >= 0.6 is 0 Å². The van der Waals surface area contributed by atoms with Crippen LogP contribution in [0, 0.1) is 0 Å². The summed E-state index contributed by atoms with van der Waals surface area (Å²) in [5, 5.41) is 6.62. The number of anilines is 6. The fraction of sp³-hybridized carbons (Fsp3) is 0. The van der Waals surface area contributed by atoms with Crippen LogP contribution in [0.5, 0.6) is 23.0 Å². The van der Waals surface area contributed by atoms with Gasteiger partial charge in [-0.2, -0.15) is 0 Å². The van der Waals surface area contributed by atoms with Crippen molar-refractivity contribution in [3.63, 3.8) is 0 Å². The summed E-state index contributed by atoms with van der Waals surface area (Å²) in [5.74, 6) is 3.24. The minimum absolute atomic E-state index is 0.181. The van der Waals surface area contributed by atoms with Crippen molar-refractivity contribution in [2.45, 2.75) is 0 Å². The zero-order valence-electron chi connectivity index (χ0n) is 33.4. The first-order chi connectivity index (χ1) is 30.8. The third-order valence-corrected chi connectivity index (χ3v) is 12.5. The number of hydrogen-bond donors (Lipinski definition) is 0. The van der Waals surface area contributed by atoms with Crippen molar-refractivity contribution in [3.8, 4) is 23.0 Å². The Bertz CT molecular complexity index is 3510. The van der Waals surface area contributed by atoms with Crippen LogP contribution in [-0.2, 0) is 0 Å². The number of hydrogen-bond acceptors (Lipinski definition) is 5. The molecule has 2 aliphatic heterocycles. The molecule has 3 heterocycles. The van der Waals surface area contributed by atoms with E-state index in [0.29, 0.717) is 0 Å².